The Labute approximate surface area is 140 Å². The number of nitrogens with one attached hydrogen (secondary N) is 1. The van der Waals surface area contributed by atoms with Crippen molar-refractivity contribution in [2.45, 2.75) is 6.42 Å². The number of ether oxygens (including phenoxy) is 1. The van der Waals surface area contributed by atoms with Crippen molar-refractivity contribution in [3.63, 3.8) is 0 Å². The zero-order chi connectivity index (χ0) is 16.7. The maximum atomic E-state index is 11.7. The lowest BCUT2D eigenvalue weighted by molar-refractivity contribution is -0.0598. The summed E-state index contributed by atoms with van der Waals surface area (Å²) in [5, 5.41) is 4.54. The molecule has 0 unspecified atom stereocenters. The molecular formula is C17H19ClN2O3. The van der Waals surface area contributed by atoms with E-state index in [4.69, 9.17) is 21.2 Å². The minimum absolute atomic E-state index is 0.356. The first-order valence-corrected chi connectivity index (χ1v) is 7.52. The lowest BCUT2D eigenvalue weighted by Gasteiger charge is -2.15. The van der Waals surface area contributed by atoms with E-state index in [1.807, 2.05) is 36.4 Å². The molecule has 2 aromatic carbocycles. The van der Waals surface area contributed by atoms with Gasteiger partial charge in [0, 0.05) is 30.2 Å². The second-order valence-electron chi connectivity index (χ2n) is 4.86. The Bertz CT molecular complexity index is 647. The fraction of sp³-hybridized carbons (Fsp3) is 0.235. The summed E-state index contributed by atoms with van der Waals surface area (Å²) in [6.07, 6.45) is 0.778. The highest BCUT2D eigenvalue weighted by molar-refractivity contribution is 6.30. The van der Waals surface area contributed by atoms with Gasteiger partial charge in [-0.3, -0.25) is 4.84 Å². The third-order valence-electron chi connectivity index (χ3n) is 3.22. The highest BCUT2D eigenvalue weighted by Gasteiger charge is 2.08. The molecule has 122 valence electrons. The lowest BCUT2D eigenvalue weighted by Crippen LogP contribution is -2.30. The summed E-state index contributed by atoms with van der Waals surface area (Å²) in [6.45, 7) is 0.539. The highest BCUT2D eigenvalue weighted by Crippen LogP contribution is 2.18. The molecule has 2 amide bonds. The van der Waals surface area contributed by atoms with Crippen LogP contribution in [0, 0.1) is 0 Å². The van der Waals surface area contributed by atoms with Crippen LogP contribution in [0.15, 0.2) is 48.5 Å². The number of hydroxylamine groups is 2. The van der Waals surface area contributed by atoms with Gasteiger partial charge in [-0.05, 0) is 29.8 Å². The monoisotopic (exact) mass is 334 g/mol. The van der Waals surface area contributed by atoms with E-state index in [0.717, 1.165) is 22.1 Å². The number of rotatable bonds is 6. The average Bonchev–Trinajstić information content (AvgIpc) is 2.56. The fourth-order valence-corrected chi connectivity index (χ4v) is 2.01. The first-order chi connectivity index (χ1) is 11.1. The van der Waals surface area contributed by atoms with Gasteiger partial charge in [0.25, 0.3) is 0 Å². The molecule has 0 aromatic heterocycles. The number of carbonyl (C=O) groups is 1. The standard InChI is InChI=1S/C17H19ClN2O3/c1-20(22-2)17(21)19-15-4-3-5-16(12-15)23-11-10-13-6-8-14(18)9-7-13/h3-9,12H,10-11H2,1-2H3,(H,19,21). The van der Waals surface area contributed by atoms with Gasteiger partial charge in [0.1, 0.15) is 5.75 Å². The van der Waals surface area contributed by atoms with Gasteiger partial charge < -0.3 is 10.1 Å². The number of hydrogen-bond acceptors (Lipinski definition) is 3. The van der Waals surface area contributed by atoms with Crippen LogP contribution in [0.5, 0.6) is 5.75 Å². The molecule has 6 heteroatoms. The summed E-state index contributed by atoms with van der Waals surface area (Å²) in [5.41, 5.74) is 1.79. The molecule has 0 radical (unpaired) electrons. The third kappa shape index (κ3) is 5.47. The number of benzene rings is 2. The van der Waals surface area contributed by atoms with E-state index in [0.29, 0.717) is 18.0 Å². The number of carbonyl (C=O) groups excluding carboxylic acids is 1. The van der Waals surface area contributed by atoms with E-state index in [-0.39, 0.29) is 6.03 Å². The van der Waals surface area contributed by atoms with E-state index in [2.05, 4.69) is 5.32 Å². The largest absolute Gasteiger partial charge is 0.493 e. The molecular weight excluding hydrogens is 316 g/mol. The summed E-state index contributed by atoms with van der Waals surface area (Å²) in [4.78, 5) is 16.5. The van der Waals surface area contributed by atoms with Crippen LogP contribution in [0.25, 0.3) is 0 Å². The van der Waals surface area contributed by atoms with E-state index in [1.54, 1.807) is 12.1 Å². The van der Waals surface area contributed by atoms with Gasteiger partial charge in [-0.2, -0.15) is 0 Å². The van der Waals surface area contributed by atoms with Crippen molar-refractivity contribution < 1.29 is 14.4 Å². The Hall–Kier alpha value is -2.24. The molecule has 0 saturated carbocycles. The van der Waals surface area contributed by atoms with Gasteiger partial charge in [0.2, 0.25) is 0 Å². The number of halogens is 1. The molecule has 2 rings (SSSR count). The molecule has 1 N–H and O–H groups in total. The molecule has 0 spiro atoms. The number of urea groups is 1. The van der Waals surface area contributed by atoms with E-state index < -0.39 is 0 Å². The lowest BCUT2D eigenvalue weighted by atomic mass is 10.2. The second-order valence-corrected chi connectivity index (χ2v) is 5.30. The Kier molecular flexibility index (Phi) is 6.26. The molecule has 0 aliphatic rings. The van der Waals surface area contributed by atoms with Crippen LogP contribution >= 0.6 is 11.6 Å². The molecule has 5 nitrogen and oxygen atoms in total. The van der Waals surface area contributed by atoms with Gasteiger partial charge in [0.05, 0.1) is 13.7 Å². The van der Waals surface area contributed by atoms with Crippen LogP contribution in [0.2, 0.25) is 5.02 Å². The van der Waals surface area contributed by atoms with E-state index in [1.165, 1.54) is 14.2 Å². The van der Waals surface area contributed by atoms with Gasteiger partial charge in [-0.1, -0.05) is 29.8 Å². The predicted octanol–water partition coefficient (Wildman–Crippen LogP) is 3.99. The number of hydrogen-bond donors (Lipinski definition) is 1. The number of nitrogens with zero attached hydrogens (tertiary/aromatic N) is 1. The van der Waals surface area contributed by atoms with Crippen LogP contribution in [-0.4, -0.2) is 31.9 Å². The van der Waals surface area contributed by atoms with Crippen LogP contribution in [0.1, 0.15) is 5.56 Å². The molecule has 0 aliphatic heterocycles. The topological polar surface area (TPSA) is 50.8 Å². The van der Waals surface area contributed by atoms with Gasteiger partial charge in [-0.15, -0.1) is 0 Å². The van der Waals surface area contributed by atoms with Crippen LogP contribution in [0.4, 0.5) is 10.5 Å². The minimum Gasteiger partial charge on any atom is -0.493 e. The molecule has 0 bridgehead atoms. The maximum Gasteiger partial charge on any atom is 0.345 e. The van der Waals surface area contributed by atoms with Crippen molar-refractivity contribution in [2.24, 2.45) is 0 Å². The van der Waals surface area contributed by atoms with Gasteiger partial charge >= 0.3 is 6.03 Å². The van der Waals surface area contributed by atoms with Crippen LogP contribution < -0.4 is 10.1 Å². The number of amides is 2. The molecule has 0 saturated heterocycles. The van der Waals surface area contributed by atoms with Crippen LogP contribution in [-0.2, 0) is 11.3 Å². The molecule has 2 aromatic rings. The van der Waals surface area contributed by atoms with Crippen molar-refractivity contribution in [3.05, 3.63) is 59.1 Å². The summed E-state index contributed by atoms with van der Waals surface area (Å²) in [7, 11) is 2.96. The van der Waals surface area contributed by atoms with Crippen molar-refractivity contribution in [1.82, 2.24) is 5.06 Å². The predicted molar refractivity (Wildman–Crippen MR) is 90.9 cm³/mol. The zero-order valence-electron chi connectivity index (χ0n) is 13.1. The summed E-state index contributed by atoms with van der Waals surface area (Å²) < 4.78 is 5.72. The Balaban J connectivity index is 1.87. The van der Waals surface area contributed by atoms with Gasteiger partial charge in [0.15, 0.2) is 0 Å². The summed E-state index contributed by atoms with van der Waals surface area (Å²) >= 11 is 5.86. The van der Waals surface area contributed by atoms with Crippen molar-refractivity contribution in [3.8, 4) is 5.75 Å². The fourth-order valence-electron chi connectivity index (χ4n) is 1.89. The van der Waals surface area contributed by atoms with E-state index in [9.17, 15) is 4.79 Å². The van der Waals surface area contributed by atoms with Crippen molar-refractivity contribution in [1.29, 1.82) is 0 Å². The first-order valence-electron chi connectivity index (χ1n) is 7.14. The van der Waals surface area contributed by atoms with Crippen molar-refractivity contribution >= 4 is 23.3 Å². The Morgan fingerprint density at radius 3 is 2.65 bits per heavy atom. The normalized spacial score (nSPS) is 10.2. The first kappa shape index (κ1) is 17.1. The summed E-state index contributed by atoms with van der Waals surface area (Å²) in [6, 6.07) is 14.5. The molecule has 23 heavy (non-hydrogen) atoms. The van der Waals surface area contributed by atoms with Crippen molar-refractivity contribution in [2.75, 3.05) is 26.1 Å². The van der Waals surface area contributed by atoms with Crippen LogP contribution in [0.3, 0.4) is 0 Å². The minimum atomic E-state index is -0.356. The molecule has 0 atom stereocenters. The quantitative estimate of drug-likeness (QED) is 0.813. The maximum absolute atomic E-state index is 11.7. The van der Waals surface area contributed by atoms with Gasteiger partial charge in [-0.25, -0.2) is 9.86 Å². The smallest absolute Gasteiger partial charge is 0.345 e. The zero-order valence-corrected chi connectivity index (χ0v) is 13.8. The molecule has 0 aliphatic carbocycles. The Morgan fingerprint density at radius 2 is 1.96 bits per heavy atom. The van der Waals surface area contributed by atoms with E-state index >= 15 is 0 Å². The second kappa shape index (κ2) is 8.41. The third-order valence-corrected chi connectivity index (χ3v) is 3.47. The molecule has 0 fully saturated rings. The Morgan fingerprint density at radius 1 is 1.22 bits per heavy atom. The SMILES string of the molecule is CON(C)C(=O)Nc1cccc(OCCc2ccc(Cl)cc2)c1. The highest BCUT2D eigenvalue weighted by atomic mass is 35.5. The molecule has 0 heterocycles. The number of anilines is 1. The average molecular weight is 335 g/mol. The summed E-state index contributed by atoms with van der Waals surface area (Å²) in [5.74, 6) is 0.692.